The second kappa shape index (κ2) is 14.7. The molecule has 0 atom stereocenters. The molecule has 2 fully saturated rings. The van der Waals surface area contributed by atoms with Crippen molar-refractivity contribution in [1.29, 1.82) is 0 Å². The summed E-state index contributed by atoms with van der Waals surface area (Å²) in [6.07, 6.45) is 14.6. The molecule has 6 heteroatoms. The van der Waals surface area contributed by atoms with Gasteiger partial charge in [0.25, 0.3) is 0 Å². The van der Waals surface area contributed by atoms with E-state index in [0.717, 1.165) is 76.4 Å². The lowest BCUT2D eigenvalue weighted by molar-refractivity contribution is -0.119. The van der Waals surface area contributed by atoms with E-state index in [2.05, 4.69) is 10.6 Å². The Morgan fingerprint density at radius 3 is 1.83 bits per heavy atom. The number of unbranched alkanes of at least 4 members (excludes halogenated alkanes) is 3. The SMILES string of the molecule is CCOCCCCCCOC(=O)NC1CCC(CC2CCC(NC(C)=O)CC2)CC1. The zero-order valence-electron chi connectivity index (χ0n) is 19.3. The lowest BCUT2D eigenvalue weighted by atomic mass is 9.75. The van der Waals surface area contributed by atoms with Crippen LogP contribution >= 0.6 is 0 Å². The smallest absolute Gasteiger partial charge is 0.407 e. The van der Waals surface area contributed by atoms with Crippen LogP contribution in [-0.2, 0) is 14.3 Å². The molecule has 0 saturated heterocycles. The number of ether oxygens (including phenoxy) is 2. The van der Waals surface area contributed by atoms with Gasteiger partial charge in [0.1, 0.15) is 0 Å². The predicted molar refractivity (Wildman–Crippen MR) is 119 cm³/mol. The third-order valence-corrected chi connectivity index (χ3v) is 6.71. The second-order valence-corrected chi connectivity index (χ2v) is 9.26. The number of nitrogens with one attached hydrogen (secondary N) is 2. The summed E-state index contributed by atoms with van der Waals surface area (Å²) in [5.74, 6) is 1.70. The Labute approximate surface area is 183 Å². The zero-order valence-corrected chi connectivity index (χ0v) is 19.3. The molecule has 0 aliphatic heterocycles. The molecule has 0 heterocycles. The van der Waals surface area contributed by atoms with Crippen LogP contribution in [0.25, 0.3) is 0 Å². The molecule has 0 bridgehead atoms. The van der Waals surface area contributed by atoms with E-state index in [0.29, 0.717) is 12.6 Å². The third kappa shape index (κ3) is 10.6. The van der Waals surface area contributed by atoms with Gasteiger partial charge in [-0.15, -0.1) is 0 Å². The fourth-order valence-electron chi connectivity index (χ4n) is 5.02. The molecule has 0 radical (unpaired) electrons. The Bertz CT molecular complexity index is 484. The molecule has 0 aromatic carbocycles. The number of rotatable bonds is 12. The van der Waals surface area contributed by atoms with Gasteiger partial charge >= 0.3 is 6.09 Å². The first-order chi connectivity index (χ1) is 14.6. The van der Waals surface area contributed by atoms with Gasteiger partial charge < -0.3 is 20.1 Å². The molecular weight excluding hydrogens is 380 g/mol. The van der Waals surface area contributed by atoms with Crippen molar-refractivity contribution in [2.24, 2.45) is 11.8 Å². The molecule has 0 spiro atoms. The molecular formula is C24H44N2O4. The van der Waals surface area contributed by atoms with Crippen molar-refractivity contribution in [3.8, 4) is 0 Å². The van der Waals surface area contributed by atoms with Gasteiger partial charge in [0, 0.05) is 32.2 Å². The van der Waals surface area contributed by atoms with E-state index in [-0.39, 0.29) is 18.0 Å². The lowest BCUT2D eigenvalue weighted by Crippen LogP contribution is -2.39. The second-order valence-electron chi connectivity index (χ2n) is 9.26. The highest BCUT2D eigenvalue weighted by Crippen LogP contribution is 2.35. The van der Waals surface area contributed by atoms with Gasteiger partial charge in [-0.05, 0) is 95.8 Å². The summed E-state index contributed by atoms with van der Waals surface area (Å²) in [6.45, 7) is 5.75. The van der Waals surface area contributed by atoms with Crippen molar-refractivity contribution >= 4 is 12.0 Å². The lowest BCUT2D eigenvalue weighted by Gasteiger charge is -2.34. The Balaban J connectivity index is 1.47. The molecule has 30 heavy (non-hydrogen) atoms. The van der Waals surface area contributed by atoms with Crippen LogP contribution < -0.4 is 10.6 Å². The van der Waals surface area contributed by atoms with Crippen LogP contribution in [0.2, 0.25) is 0 Å². The Kier molecular flexibility index (Phi) is 12.2. The largest absolute Gasteiger partial charge is 0.450 e. The van der Waals surface area contributed by atoms with E-state index in [9.17, 15) is 9.59 Å². The Morgan fingerprint density at radius 1 is 0.767 bits per heavy atom. The average molecular weight is 425 g/mol. The van der Waals surface area contributed by atoms with Crippen LogP contribution in [0.1, 0.15) is 97.3 Å². The van der Waals surface area contributed by atoms with E-state index in [1.807, 2.05) is 6.92 Å². The number of carbonyl (C=O) groups excluding carboxylic acids is 2. The number of amides is 2. The van der Waals surface area contributed by atoms with Crippen LogP contribution in [0.4, 0.5) is 4.79 Å². The van der Waals surface area contributed by atoms with E-state index < -0.39 is 0 Å². The quantitative estimate of drug-likeness (QED) is 0.434. The zero-order chi connectivity index (χ0) is 21.6. The molecule has 174 valence electrons. The molecule has 0 unspecified atom stereocenters. The maximum atomic E-state index is 12.0. The van der Waals surface area contributed by atoms with Crippen molar-refractivity contribution in [2.75, 3.05) is 19.8 Å². The van der Waals surface area contributed by atoms with Gasteiger partial charge in [-0.1, -0.05) is 6.42 Å². The molecule has 6 nitrogen and oxygen atoms in total. The summed E-state index contributed by atoms with van der Waals surface area (Å²) < 4.78 is 10.7. The molecule has 2 aliphatic carbocycles. The molecule has 2 N–H and O–H groups in total. The van der Waals surface area contributed by atoms with Crippen molar-refractivity contribution in [3.05, 3.63) is 0 Å². The Hall–Kier alpha value is -1.30. The maximum Gasteiger partial charge on any atom is 0.407 e. The van der Waals surface area contributed by atoms with Crippen molar-refractivity contribution in [3.63, 3.8) is 0 Å². The number of alkyl carbamates (subject to hydrolysis) is 1. The monoisotopic (exact) mass is 424 g/mol. The first kappa shape index (κ1) is 25.0. The van der Waals surface area contributed by atoms with E-state index in [1.165, 1.54) is 32.1 Å². The minimum atomic E-state index is -0.246. The van der Waals surface area contributed by atoms with Crippen LogP contribution in [0, 0.1) is 11.8 Å². The van der Waals surface area contributed by atoms with Crippen molar-refractivity contribution in [2.45, 2.75) is 109 Å². The highest BCUT2D eigenvalue weighted by Gasteiger charge is 2.27. The van der Waals surface area contributed by atoms with Gasteiger partial charge in [0.2, 0.25) is 5.91 Å². The molecule has 2 saturated carbocycles. The first-order valence-electron chi connectivity index (χ1n) is 12.3. The fraction of sp³-hybridized carbons (Fsp3) is 0.917. The number of carbonyl (C=O) groups is 2. The molecule has 0 aromatic rings. The summed E-state index contributed by atoms with van der Waals surface area (Å²) >= 11 is 0. The summed E-state index contributed by atoms with van der Waals surface area (Å²) in [5, 5.41) is 6.13. The average Bonchev–Trinajstić information content (AvgIpc) is 2.72. The Morgan fingerprint density at radius 2 is 1.30 bits per heavy atom. The minimum absolute atomic E-state index is 0.0975. The van der Waals surface area contributed by atoms with Crippen LogP contribution in [0.15, 0.2) is 0 Å². The summed E-state index contributed by atoms with van der Waals surface area (Å²) in [7, 11) is 0. The minimum Gasteiger partial charge on any atom is -0.450 e. The highest BCUT2D eigenvalue weighted by atomic mass is 16.5. The first-order valence-corrected chi connectivity index (χ1v) is 12.3. The highest BCUT2D eigenvalue weighted by molar-refractivity contribution is 5.73. The summed E-state index contributed by atoms with van der Waals surface area (Å²) in [6, 6.07) is 0.662. The predicted octanol–water partition coefficient (Wildman–Crippen LogP) is 4.95. The van der Waals surface area contributed by atoms with Crippen LogP contribution in [0.3, 0.4) is 0 Å². The summed E-state index contributed by atoms with van der Waals surface area (Å²) in [4.78, 5) is 23.2. The fourth-order valence-corrected chi connectivity index (χ4v) is 5.02. The molecule has 2 aliphatic rings. The van der Waals surface area contributed by atoms with Gasteiger partial charge in [0.05, 0.1) is 6.61 Å². The summed E-state index contributed by atoms with van der Waals surface area (Å²) in [5.41, 5.74) is 0. The number of hydrogen-bond donors (Lipinski definition) is 2. The van der Waals surface area contributed by atoms with E-state index >= 15 is 0 Å². The molecule has 2 amide bonds. The van der Waals surface area contributed by atoms with Crippen LogP contribution in [0.5, 0.6) is 0 Å². The van der Waals surface area contributed by atoms with Gasteiger partial charge in [-0.2, -0.15) is 0 Å². The normalized spacial score (nSPS) is 26.7. The van der Waals surface area contributed by atoms with Crippen molar-refractivity contribution in [1.82, 2.24) is 10.6 Å². The van der Waals surface area contributed by atoms with Gasteiger partial charge in [-0.3, -0.25) is 4.79 Å². The van der Waals surface area contributed by atoms with Crippen molar-refractivity contribution < 1.29 is 19.1 Å². The van der Waals surface area contributed by atoms with Crippen LogP contribution in [-0.4, -0.2) is 43.9 Å². The van der Waals surface area contributed by atoms with Gasteiger partial charge in [-0.25, -0.2) is 4.79 Å². The third-order valence-electron chi connectivity index (χ3n) is 6.71. The topological polar surface area (TPSA) is 76.7 Å². The van der Waals surface area contributed by atoms with E-state index in [1.54, 1.807) is 6.92 Å². The van der Waals surface area contributed by atoms with E-state index in [4.69, 9.17) is 9.47 Å². The standard InChI is InChI=1S/C24H44N2O4/c1-3-29-16-6-4-5-7-17-30-24(28)26-23-14-10-21(11-15-23)18-20-8-12-22(13-9-20)25-19(2)27/h20-23H,3-18H2,1-2H3,(H,25,27)(H,26,28). The maximum absolute atomic E-state index is 12.0. The molecule has 2 rings (SSSR count). The number of hydrogen-bond acceptors (Lipinski definition) is 4. The molecule has 0 aromatic heterocycles. The van der Waals surface area contributed by atoms with Gasteiger partial charge in [0.15, 0.2) is 0 Å².